The van der Waals surface area contributed by atoms with Crippen LogP contribution in [0.15, 0.2) is 0 Å². The van der Waals surface area contributed by atoms with Gasteiger partial charge in [0.2, 0.25) is 5.91 Å². The Labute approximate surface area is 99.0 Å². The van der Waals surface area contributed by atoms with Gasteiger partial charge in [0.15, 0.2) is 0 Å². The first kappa shape index (κ1) is 13.1. The molecule has 1 aromatic heterocycles. The molecular weight excluding hydrogens is 224 g/mol. The number of nitrogens with zero attached hydrogens (tertiary/aromatic N) is 3. The molecule has 1 N–H and O–H groups in total. The topological polar surface area (TPSA) is 90.1 Å². The van der Waals surface area contributed by atoms with Crippen molar-refractivity contribution in [2.75, 3.05) is 6.54 Å². The number of amides is 1. The van der Waals surface area contributed by atoms with Crippen molar-refractivity contribution in [3.05, 3.63) is 21.5 Å². The summed E-state index contributed by atoms with van der Waals surface area (Å²) < 4.78 is 1.55. The standard InChI is InChI=1S/C10H16N4O3/c1-4-9(15)11-5-6-13-8(3)10(14(16)17)7(2)12-13/h4-6H2,1-3H3,(H,11,15). The van der Waals surface area contributed by atoms with Crippen molar-refractivity contribution in [1.82, 2.24) is 15.1 Å². The molecule has 0 spiro atoms. The van der Waals surface area contributed by atoms with Gasteiger partial charge in [-0.25, -0.2) is 0 Å². The van der Waals surface area contributed by atoms with Gasteiger partial charge in [-0.3, -0.25) is 19.6 Å². The molecule has 0 aliphatic rings. The van der Waals surface area contributed by atoms with Crippen molar-refractivity contribution in [2.24, 2.45) is 0 Å². The maximum absolute atomic E-state index is 11.0. The fourth-order valence-electron chi connectivity index (χ4n) is 1.60. The molecule has 17 heavy (non-hydrogen) atoms. The first-order chi connectivity index (χ1) is 7.97. The molecule has 1 aromatic rings. The van der Waals surface area contributed by atoms with Gasteiger partial charge in [0.1, 0.15) is 11.4 Å². The molecule has 0 aromatic carbocycles. The van der Waals surface area contributed by atoms with Crippen molar-refractivity contribution in [3.8, 4) is 0 Å². The van der Waals surface area contributed by atoms with Crippen LogP contribution >= 0.6 is 0 Å². The minimum absolute atomic E-state index is 0.0407. The predicted octanol–water partition coefficient (Wildman–Crippen LogP) is 0.934. The lowest BCUT2D eigenvalue weighted by Gasteiger charge is -2.04. The number of nitrogens with one attached hydrogen (secondary N) is 1. The van der Waals surface area contributed by atoms with Gasteiger partial charge in [-0.1, -0.05) is 6.92 Å². The molecule has 0 radical (unpaired) electrons. The smallest absolute Gasteiger partial charge is 0.312 e. The summed E-state index contributed by atoms with van der Waals surface area (Å²) in [5.74, 6) is -0.0407. The van der Waals surface area contributed by atoms with Crippen LogP contribution in [0, 0.1) is 24.0 Å². The van der Waals surface area contributed by atoms with E-state index in [-0.39, 0.29) is 11.6 Å². The molecule has 0 saturated heterocycles. The maximum Gasteiger partial charge on any atom is 0.312 e. The number of hydrogen-bond acceptors (Lipinski definition) is 4. The third-order valence-corrected chi connectivity index (χ3v) is 2.49. The lowest BCUT2D eigenvalue weighted by molar-refractivity contribution is -0.386. The summed E-state index contributed by atoms with van der Waals surface area (Å²) in [4.78, 5) is 21.4. The maximum atomic E-state index is 11.0. The van der Waals surface area contributed by atoms with Crippen LogP contribution < -0.4 is 5.32 Å². The second kappa shape index (κ2) is 5.42. The number of carbonyl (C=O) groups excluding carboxylic acids is 1. The molecule has 94 valence electrons. The average Bonchev–Trinajstić information content (AvgIpc) is 2.53. The van der Waals surface area contributed by atoms with E-state index < -0.39 is 4.92 Å². The van der Waals surface area contributed by atoms with Crippen LogP contribution in [-0.2, 0) is 11.3 Å². The Balaban J connectivity index is 2.70. The quantitative estimate of drug-likeness (QED) is 0.612. The Kier molecular flexibility index (Phi) is 4.19. The minimum Gasteiger partial charge on any atom is -0.354 e. The van der Waals surface area contributed by atoms with E-state index in [0.29, 0.717) is 30.9 Å². The molecule has 0 aliphatic carbocycles. The van der Waals surface area contributed by atoms with E-state index >= 15 is 0 Å². The molecule has 7 heteroatoms. The van der Waals surface area contributed by atoms with Crippen molar-refractivity contribution in [3.63, 3.8) is 0 Å². The molecule has 0 atom stereocenters. The summed E-state index contributed by atoms with van der Waals surface area (Å²) in [6.07, 6.45) is 0.428. The highest BCUT2D eigenvalue weighted by molar-refractivity contribution is 5.75. The molecule has 0 saturated carbocycles. The fraction of sp³-hybridized carbons (Fsp3) is 0.600. The summed E-state index contributed by atoms with van der Waals surface area (Å²) in [5.41, 5.74) is 0.958. The van der Waals surface area contributed by atoms with Crippen LogP contribution in [0.5, 0.6) is 0 Å². The van der Waals surface area contributed by atoms with Crippen molar-refractivity contribution in [2.45, 2.75) is 33.7 Å². The largest absolute Gasteiger partial charge is 0.354 e. The number of aryl methyl sites for hydroxylation is 1. The van der Waals surface area contributed by atoms with Crippen LogP contribution in [0.3, 0.4) is 0 Å². The van der Waals surface area contributed by atoms with E-state index in [9.17, 15) is 14.9 Å². The average molecular weight is 240 g/mol. The van der Waals surface area contributed by atoms with E-state index in [0.717, 1.165) is 0 Å². The molecule has 7 nitrogen and oxygen atoms in total. The number of nitro groups is 1. The number of carbonyl (C=O) groups is 1. The van der Waals surface area contributed by atoms with E-state index in [1.807, 2.05) is 0 Å². The highest BCUT2D eigenvalue weighted by Gasteiger charge is 2.21. The van der Waals surface area contributed by atoms with E-state index in [4.69, 9.17) is 0 Å². The zero-order chi connectivity index (χ0) is 13.0. The van der Waals surface area contributed by atoms with E-state index in [1.165, 1.54) is 0 Å². The summed E-state index contributed by atoms with van der Waals surface area (Å²) in [5, 5.41) is 17.5. The van der Waals surface area contributed by atoms with Gasteiger partial charge < -0.3 is 5.32 Å². The number of aromatic nitrogens is 2. The summed E-state index contributed by atoms with van der Waals surface area (Å²) >= 11 is 0. The summed E-state index contributed by atoms with van der Waals surface area (Å²) in [6.45, 7) is 5.88. The fourth-order valence-corrected chi connectivity index (χ4v) is 1.60. The zero-order valence-corrected chi connectivity index (χ0v) is 10.2. The van der Waals surface area contributed by atoms with Gasteiger partial charge in [-0.05, 0) is 13.8 Å². The van der Waals surface area contributed by atoms with E-state index in [1.54, 1.807) is 25.5 Å². The normalized spacial score (nSPS) is 10.3. The van der Waals surface area contributed by atoms with Crippen LogP contribution in [0.25, 0.3) is 0 Å². The molecule has 0 aliphatic heterocycles. The van der Waals surface area contributed by atoms with Crippen LogP contribution in [0.4, 0.5) is 5.69 Å². The summed E-state index contributed by atoms with van der Waals surface area (Å²) in [7, 11) is 0. The first-order valence-electron chi connectivity index (χ1n) is 5.42. The van der Waals surface area contributed by atoms with Gasteiger partial charge in [0.25, 0.3) is 0 Å². The van der Waals surface area contributed by atoms with Gasteiger partial charge in [0.05, 0.1) is 11.5 Å². The Morgan fingerprint density at radius 3 is 2.65 bits per heavy atom. The molecule has 1 heterocycles. The molecule has 1 rings (SSSR count). The van der Waals surface area contributed by atoms with Crippen LogP contribution in [-0.4, -0.2) is 27.2 Å². The minimum atomic E-state index is -0.432. The summed E-state index contributed by atoms with van der Waals surface area (Å²) in [6, 6.07) is 0. The van der Waals surface area contributed by atoms with Gasteiger partial charge in [-0.15, -0.1) is 0 Å². The number of rotatable bonds is 5. The third kappa shape index (κ3) is 3.02. The Hall–Kier alpha value is -1.92. The van der Waals surface area contributed by atoms with Gasteiger partial charge in [-0.2, -0.15) is 5.10 Å². The third-order valence-electron chi connectivity index (χ3n) is 2.49. The Morgan fingerprint density at radius 2 is 2.18 bits per heavy atom. The molecular formula is C10H16N4O3. The zero-order valence-electron chi connectivity index (χ0n) is 10.2. The molecule has 0 unspecified atom stereocenters. The van der Waals surface area contributed by atoms with Crippen LogP contribution in [0.2, 0.25) is 0 Å². The van der Waals surface area contributed by atoms with Crippen molar-refractivity contribution >= 4 is 11.6 Å². The lowest BCUT2D eigenvalue weighted by Crippen LogP contribution is -2.26. The SMILES string of the molecule is CCC(=O)NCCn1nc(C)c([N+](=O)[O-])c1C. The Morgan fingerprint density at radius 1 is 1.53 bits per heavy atom. The molecule has 0 bridgehead atoms. The lowest BCUT2D eigenvalue weighted by atomic mass is 10.3. The van der Waals surface area contributed by atoms with Crippen molar-refractivity contribution in [1.29, 1.82) is 0 Å². The second-order valence-corrected chi connectivity index (χ2v) is 3.70. The van der Waals surface area contributed by atoms with Crippen LogP contribution in [0.1, 0.15) is 24.7 Å². The molecule has 0 fully saturated rings. The first-order valence-corrected chi connectivity index (χ1v) is 5.42. The number of hydrogen-bond donors (Lipinski definition) is 1. The Bertz CT molecular complexity index is 439. The molecule has 1 amide bonds. The second-order valence-electron chi connectivity index (χ2n) is 3.70. The van der Waals surface area contributed by atoms with Gasteiger partial charge in [0, 0.05) is 13.0 Å². The van der Waals surface area contributed by atoms with Gasteiger partial charge >= 0.3 is 5.69 Å². The van der Waals surface area contributed by atoms with Crippen molar-refractivity contribution < 1.29 is 9.72 Å². The monoisotopic (exact) mass is 240 g/mol. The highest BCUT2D eigenvalue weighted by Crippen LogP contribution is 2.21. The predicted molar refractivity (Wildman–Crippen MR) is 61.7 cm³/mol. The highest BCUT2D eigenvalue weighted by atomic mass is 16.6. The van der Waals surface area contributed by atoms with E-state index in [2.05, 4.69) is 10.4 Å².